The SMILES string of the molecule is C[C@H](SC1=CC(=O)c2ccccc2C1=O)C(=O)O. The zero-order valence-corrected chi connectivity index (χ0v) is 10.4. The van der Waals surface area contributed by atoms with Crippen molar-refractivity contribution in [1.82, 2.24) is 0 Å². The number of hydrogen-bond donors (Lipinski definition) is 1. The number of rotatable bonds is 3. The highest BCUT2D eigenvalue weighted by Gasteiger charge is 2.27. The van der Waals surface area contributed by atoms with E-state index in [4.69, 9.17) is 5.11 Å². The van der Waals surface area contributed by atoms with E-state index in [1.165, 1.54) is 13.0 Å². The molecule has 2 rings (SSSR count). The summed E-state index contributed by atoms with van der Waals surface area (Å²) in [5.41, 5.74) is 0.708. The second kappa shape index (κ2) is 4.78. The van der Waals surface area contributed by atoms with E-state index in [0.29, 0.717) is 11.1 Å². The van der Waals surface area contributed by atoms with Crippen molar-refractivity contribution >= 4 is 29.3 Å². The number of benzene rings is 1. The van der Waals surface area contributed by atoms with Crippen LogP contribution in [0.5, 0.6) is 0 Å². The van der Waals surface area contributed by atoms with Crippen LogP contribution in [0.2, 0.25) is 0 Å². The van der Waals surface area contributed by atoms with Gasteiger partial charge in [-0.15, -0.1) is 11.8 Å². The zero-order chi connectivity index (χ0) is 13.3. The van der Waals surface area contributed by atoms with Crippen molar-refractivity contribution in [3.05, 3.63) is 46.4 Å². The molecule has 5 heteroatoms. The Morgan fingerprint density at radius 2 is 1.83 bits per heavy atom. The van der Waals surface area contributed by atoms with Crippen molar-refractivity contribution in [2.75, 3.05) is 0 Å². The van der Waals surface area contributed by atoms with Crippen molar-refractivity contribution in [3.63, 3.8) is 0 Å². The monoisotopic (exact) mass is 262 g/mol. The number of hydrogen-bond acceptors (Lipinski definition) is 4. The number of carbonyl (C=O) groups is 3. The lowest BCUT2D eigenvalue weighted by atomic mass is 9.95. The van der Waals surface area contributed by atoms with Gasteiger partial charge in [-0.1, -0.05) is 24.3 Å². The Hall–Kier alpha value is -1.88. The normalized spacial score (nSPS) is 15.9. The van der Waals surface area contributed by atoms with Crippen LogP contribution < -0.4 is 0 Å². The largest absolute Gasteiger partial charge is 0.480 e. The number of Topliss-reactive ketones (excluding diaryl/α,β-unsaturated/α-hetero) is 1. The lowest BCUT2D eigenvalue weighted by molar-refractivity contribution is -0.136. The van der Waals surface area contributed by atoms with Gasteiger partial charge >= 0.3 is 5.97 Å². The van der Waals surface area contributed by atoms with Crippen LogP contribution in [0.1, 0.15) is 27.6 Å². The van der Waals surface area contributed by atoms with E-state index in [-0.39, 0.29) is 16.5 Å². The molecule has 0 radical (unpaired) electrons. The van der Waals surface area contributed by atoms with Gasteiger partial charge in [0.05, 0.1) is 4.91 Å². The van der Waals surface area contributed by atoms with Crippen LogP contribution in [0, 0.1) is 0 Å². The molecule has 0 aromatic heterocycles. The third-order valence-electron chi connectivity index (χ3n) is 2.57. The van der Waals surface area contributed by atoms with Crippen molar-refractivity contribution in [1.29, 1.82) is 0 Å². The van der Waals surface area contributed by atoms with E-state index in [1.807, 2.05) is 0 Å². The molecule has 0 heterocycles. The number of carbonyl (C=O) groups excluding carboxylic acids is 2. The first-order chi connectivity index (χ1) is 8.50. The van der Waals surface area contributed by atoms with Gasteiger partial charge in [0, 0.05) is 17.2 Å². The Labute approximate surface area is 108 Å². The summed E-state index contributed by atoms with van der Waals surface area (Å²) >= 11 is 0.895. The van der Waals surface area contributed by atoms with E-state index < -0.39 is 11.2 Å². The predicted octanol–water partition coefficient (Wildman–Crippen LogP) is 2.16. The number of ketones is 2. The molecular formula is C13H10O4S. The number of allylic oxidation sites excluding steroid dienone is 2. The fourth-order valence-electron chi connectivity index (χ4n) is 1.62. The summed E-state index contributed by atoms with van der Waals surface area (Å²) in [6, 6.07) is 6.54. The molecule has 1 aliphatic rings. The second-order valence-electron chi connectivity index (χ2n) is 3.85. The minimum Gasteiger partial charge on any atom is -0.480 e. The number of fused-ring (bicyclic) bond motifs is 1. The van der Waals surface area contributed by atoms with Gasteiger partial charge in [0.2, 0.25) is 0 Å². The second-order valence-corrected chi connectivity index (χ2v) is 5.23. The highest BCUT2D eigenvalue weighted by molar-refractivity contribution is 8.05. The average Bonchev–Trinajstić information content (AvgIpc) is 2.35. The van der Waals surface area contributed by atoms with Gasteiger partial charge in [-0.2, -0.15) is 0 Å². The molecule has 0 fully saturated rings. The van der Waals surface area contributed by atoms with Gasteiger partial charge in [-0.05, 0) is 6.92 Å². The highest BCUT2D eigenvalue weighted by Crippen LogP contribution is 2.30. The lowest BCUT2D eigenvalue weighted by Gasteiger charge is -2.15. The Morgan fingerprint density at radius 1 is 1.22 bits per heavy atom. The maximum Gasteiger partial charge on any atom is 0.316 e. The third kappa shape index (κ3) is 2.22. The molecule has 1 aliphatic carbocycles. The first-order valence-corrected chi connectivity index (χ1v) is 6.18. The Morgan fingerprint density at radius 3 is 2.44 bits per heavy atom. The fraction of sp³-hybridized carbons (Fsp3) is 0.154. The predicted molar refractivity (Wildman–Crippen MR) is 67.9 cm³/mol. The molecule has 1 aromatic carbocycles. The quantitative estimate of drug-likeness (QED) is 0.903. The van der Waals surface area contributed by atoms with Crippen molar-refractivity contribution in [2.45, 2.75) is 12.2 Å². The van der Waals surface area contributed by atoms with Gasteiger partial charge in [-0.3, -0.25) is 14.4 Å². The van der Waals surface area contributed by atoms with Crippen molar-refractivity contribution < 1.29 is 19.5 Å². The topological polar surface area (TPSA) is 71.4 Å². The summed E-state index contributed by atoms with van der Waals surface area (Å²) in [4.78, 5) is 34.8. The molecule has 1 N–H and O–H groups in total. The Balaban J connectivity index is 2.34. The van der Waals surface area contributed by atoms with Gasteiger partial charge in [-0.25, -0.2) is 0 Å². The average molecular weight is 262 g/mol. The highest BCUT2D eigenvalue weighted by atomic mass is 32.2. The molecule has 0 saturated carbocycles. The molecule has 92 valence electrons. The minimum atomic E-state index is -1.01. The van der Waals surface area contributed by atoms with E-state index >= 15 is 0 Å². The number of carboxylic acid groups (broad SMARTS) is 1. The molecule has 0 amide bonds. The number of aliphatic carboxylic acids is 1. The van der Waals surface area contributed by atoms with E-state index in [2.05, 4.69) is 0 Å². The Kier molecular flexibility index (Phi) is 3.34. The van der Waals surface area contributed by atoms with E-state index in [9.17, 15) is 14.4 Å². The number of thioether (sulfide) groups is 1. The summed E-state index contributed by atoms with van der Waals surface area (Å²) in [6.45, 7) is 1.48. The summed E-state index contributed by atoms with van der Waals surface area (Å²) in [6.07, 6.45) is 1.22. The third-order valence-corrected chi connectivity index (χ3v) is 3.69. The summed E-state index contributed by atoms with van der Waals surface area (Å²) in [5.74, 6) is -1.56. The summed E-state index contributed by atoms with van der Waals surface area (Å²) < 4.78 is 0. The van der Waals surface area contributed by atoms with E-state index in [0.717, 1.165) is 11.8 Å². The van der Waals surface area contributed by atoms with Crippen LogP contribution in [0.15, 0.2) is 35.2 Å². The standard InChI is InChI=1S/C13H10O4S/c1-7(13(16)17)18-11-6-10(14)8-4-2-3-5-9(8)12(11)15/h2-7H,1H3,(H,16,17)/t7-/m0/s1. The summed E-state index contributed by atoms with van der Waals surface area (Å²) in [5, 5.41) is 8.05. The molecule has 0 unspecified atom stereocenters. The van der Waals surface area contributed by atoms with Crippen LogP contribution in [0.3, 0.4) is 0 Å². The molecular weight excluding hydrogens is 252 g/mol. The van der Waals surface area contributed by atoms with Gasteiger partial charge in [0.25, 0.3) is 0 Å². The maximum absolute atomic E-state index is 12.1. The van der Waals surface area contributed by atoms with Crippen molar-refractivity contribution in [3.8, 4) is 0 Å². The van der Waals surface area contributed by atoms with E-state index in [1.54, 1.807) is 24.3 Å². The van der Waals surface area contributed by atoms with Crippen LogP contribution in [0.4, 0.5) is 0 Å². The number of carboxylic acids is 1. The van der Waals surface area contributed by atoms with Crippen LogP contribution in [-0.2, 0) is 4.79 Å². The smallest absolute Gasteiger partial charge is 0.316 e. The molecule has 18 heavy (non-hydrogen) atoms. The zero-order valence-electron chi connectivity index (χ0n) is 9.54. The van der Waals surface area contributed by atoms with Gasteiger partial charge in [0.15, 0.2) is 11.6 Å². The molecule has 0 spiro atoms. The molecule has 0 saturated heterocycles. The molecule has 0 bridgehead atoms. The Bertz CT molecular complexity index is 574. The van der Waals surface area contributed by atoms with Crippen molar-refractivity contribution in [2.24, 2.45) is 0 Å². The van der Waals surface area contributed by atoms with Crippen LogP contribution in [0.25, 0.3) is 0 Å². The van der Waals surface area contributed by atoms with Crippen LogP contribution >= 0.6 is 11.8 Å². The lowest BCUT2D eigenvalue weighted by Crippen LogP contribution is -2.19. The molecule has 1 atom stereocenters. The molecule has 0 aliphatic heterocycles. The molecule has 4 nitrogen and oxygen atoms in total. The van der Waals surface area contributed by atoms with Gasteiger partial charge in [0.1, 0.15) is 5.25 Å². The summed E-state index contributed by atoms with van der Waals surface area (Å²) in [7, 11) is 0. The first-order valence-electron chi connectivity index (χ1n) is 5.30. The fourth-order valence-corrected chi connectivity index (χ4v) is 2.49. The minimum absolute atomic E-state index is 0.189. The first kappa shape index (κ1) is 12.6. The maximum atomic E-state index is 12.1. The molecule has 1 aromatic rings. The van der Waals surface area contributed by atoms with Gasteiger partial charge < -0.3 is 5.11 Å². The van der Waals surface area contributed by atoms with Crippen LogP contribution in [-0.4, -0.2) is 27.9 Å².